The van der Waals surface area contributed by atoms with Crippen molar-refractivity contribution >= 4 is 31.8 Å². The molecule has 8 nitrogen and oxygen atoms in total. The van der Waals surface area contributed by atoms with Crippen LogP contribution >= 0.6 is 15.9 Å². The van der Waals surface area contributed by atoms with E-state index in [2.05, 4.69) is 21.0 Å². The van der Waals surface area contributed by atoms with E-state index in [9.17, 15) is 22.9 Å². The summed E-state index contributed by atoms with van der Waals surface area (Å²) in [5.41, 5.74) is 0.183. The maximum Gasteiger partial charge on any atom is 0.410 e. The summed E-state index contributed by atoms with van der Waals surface area (Å²) in [6.45, 7) is -0.179. The molecule has 0 radical (unpaired) electrons. The van der Waals surface area contributed by atoms with E-state index in [0.29, 0.717) is 4.47 Å². The lowest BCUT2D eigenvalue weighted by atomic mass is 10.2. The van der Waals surface area contributed by atoms with E-state index < -0.39 is 31.5 Å². The van der Waals surface area contributed by atoms with Crippen LogP contribution in [0.15, 0.2) is 33.8 Å². The SMILES string of the molecule is NS(=O)(=O)c1cn(Cc2cc(Br)ccc2F)nc1[N+](=O)[O-]. The fourth-order valence-electron chi connectivity index (χ4n) is 1.64. The lowest BCUT2D eigenvalue weighted by Gasteiger charge is -2.01. The van der Waals surface area contributed by atoms with Gasteiger partial charge < -0.3 is 10.1 Å². The highest BCUT2D eigenvalue weighted by Crippen LogP contribution is 2.22. The third-order valence-corrected chi connectivity index (χ3v) is 3.92. The van der Waals surface area contributed by atoms with Gasteiger partial charge in [0.1, 0.15) is 5.82 Å². The number of nitrogens with zero attached hydrogens (tertiary/aromatic N) is 3. The Bertz CT molecular complexity index is 820. The molecule has 0 saturated carbocycles. The van der Waals surface area contributed by atoms with E-state index >= 15 is 0 Å². The van der Waals surface area contributed by atoms with Crippen LogP contribution < -0.4 is 5.14 Å². The van der Waals surface area contributed by atoms with Crippen LogP contribution in [0, 0.1) is 15.9 Å². The quantitative estimate of drug-likeness (QED) is 0.636. The van der Waals surface area contributed by atoms with Crippen molar-refractivity contribution in [2.75, 3.05) is 0 Å². The molecule has 0 atom stereocenters. The Morgan fingerprint density at radius 3 is 2.67 bits per heavy atom. The second kappa shape index (κ2) is 5.50. The summed E-state index contributed by atoms with van der Waals surface area (Å²) in [6.07, 6.45) is 0.897. The second-order valence-electron chi connectivity index (χ2n) is 4.05. The van der Waals surface area contributed by atoms with Gasteiger partial charge in [0.25, 0.3) is 0 Å². The van der Waals surface area contributed by atoms with E-state index in [4.69, 9.17) is 5.14 Å². The molecule has 2 N–H and O–H groups in total. The normalized spacial score (nSPS) is 11.6. The van der Waals surface area contributed by atoms with E-state index in [0.717, 1.165) is 10.9 Å². The minimum atomic E-state index is -4.30. The predicted molar refractivity (Wildman–Crippen MR) is 73.5 cm³/mol. The average molecular weight is 379 g/mol. The van der Waals surface area contributed by atoms with Gasteiger partial charge in [0, 0.05) is 10.0 Å². The van der Waals surface area contributed by atoms with Crippen LogP contribution in [0.4, 0.5) is 10.2 Å². The van der Waals surface area contributed by atoms with Crippen LogP contribution in [0.25, 0.3) is 0 Å². The summed E-state index contributed by atoms with van der Waals surface area (Å²) in [6, 6.07) is 4.15. The van der Waals surface area contributed by atoms with Crippen molar-refractivity contribution in [2.24, 2.45) is 5.14 Å². The number of aromatic nitrogens is 2. The van der Waals surface area contributed by atoms with Crippen molar-refractivity contribution in [2.45, 2.75) is 11.4 Å². The molecule has 0 amide bonds. The van der Waals surface area contributed by atoms with E-state index in [1.165, 1.54) is 18.2 Å². The maximum atomic E-state index is 13.6. The molecule has 112 valence electrons. The van der Waals surface area contributed by atoms with Gasteiger partial charge in [0.15, 0.2) is 0 Å². The highest BCUT2D eigenvalue weighted by molar-refractivity contribution is 9.10. The number of hydrogen-bond donors (Lipinski definition) is 1. The molecule has 2 aromatic rings. The van der Waals surface area contributed by atoms with E-state index in [1.807, 2.05) is 0 Å². The van der Waals surface area contributed by atoms with Gasteiger partial charge in [-0.1, -0.05) is 15.9 Å². The van der Waals surface area contributed by atoms with Gasteiger partial charge in [-0.25, -0.2) is 17.9 Å². The zero-order valence-corrected chi connectivity index (χ0v) is 12.6. The predicted octanol–water partition coefficient (Wildman–Crippen LogP) is 1.39. The van der Waals surface area contributed by atoms with Crippen LogP contribution in [0.5, 0.6) is 0 Å². The van der Waals surface area contributed by atoms with Crippen molar-refractivity contribution in [1.82, 2.24) is 9.78 Å². The third kappa shape index (κ3) is 3.43. The first-order valence-corrected chi connectivity index (χ1v) is 7.71. The molecule has 0 saturated heterocycles. The lowest BCUT2D eigenvalue weighted by molar-refractivity contribution is -0.392. The number of halogens is 2. The van der Waals surface area contributed by atoms with Gasteiger partial charge in [-0.2, -0.15) is 4.68 Å². The minimum absolute atomic E-state index is 0.179. The highest BCUT2D eigenvalue weighted by atomic mass is 79.9. The molecule has 1 aromatic carbocycles. The molecular formula is C10H8BrFN4O4S. The first kappa shape index (κ1) is 15.5. The van der Waals surface area contributed by atoms with E-state index in [-0.39, 0.29) is 12.1 Å². The van der Waals surface area contributed by atoms with Crippen LogP contribution in [0.1, 0.15) is 5.56 Å². The summed E-state index contributed by atoms with van der Waals surface area (Å²) in [4.78, 5) is 9.10. The van der Waals surface area contributed by atoms with Crippen LogP contribution in [0.3, 0.4) is 0 Å². The lowest BCUT2D eigenvalue weighted by Crippen LogP contribution is -2.13. The maximum absolute atomic E-state index is 13.6. The molecule has 21 heavy (non-hydrogen) atoms. The Hall–Kier alpha value is -1.85. The molecule has 0 spiro atoms. The van der Waals surface area contributed by atoms with Crippen molar-refractivity contribution in [1.29, 1.82) is 0 Å². The minimum Gasteiger partial charge on any atom is -0.358 e. The topological polar surface area (TPSA) is 121 Å². The van der Waals surface area contributed by atoms with Crippen LogP contribution in [-0.2, 0) is 16.6 Å². The summed E-state index contributed by atoms with van der Waals surface area (Å²) >= 11 is 3.16. The largest absolute Gasteiger partial charge is 0.410 e. The van der Waals surface area contributed by atoms with Crippen molar-refractivity contribution in [3.05, 3.63) is 50.4 Å². The summed E-state index contributed by atoms with van der Waals surface area (Å²) in [5.74, 6) is -1.44. The summed E-state index contributed by atoms with van der Waals surface area (Å²) < 4.78 is 37.7. The zero-order chi connectivity index (χ0) is 15.8. The number of nitro groups is 1. The number of sulfonamides is 1. The van der Waals surface area contributed by atoms with Crippen LogP contribution in [0.2, 0.25) is 0 Å². The van der Waals surface area contributed by atoms with Crippen molar-refractivity contribution < 1.29 is 17.7 Å². The van der Waals surface area contributed by atoms with Gasteiger partial charge in [-0.3, -0.25) is 0 Å². The number of primary sulfonamides is 1. The Morgan fingerprint density at radius 1 is 1.48 bits per heavy atom. The molecule has 0 bridgehead atoms. The Labute approximate surface area is 126 Å². The molecular weight excluding hydrogens is 371 g/mol. The molecule has 1 heterocycles. The first-order valence-electron chi connectivity index (χ1n) is 5.37. The Balaban J connectivity index is 2.47. The highest BCUT2D eigenvalue weighted by Gasteiger charge is 2.29. The molecule has 11 heteroatoms. The Kier molecular flexibility index (Phi) is 4.07. The molecule has 0 aliphatic heterocycles. The molecule has 0 aliphatic rings. The fourth-order valence-corrected chi connectivity index (χ4v) is 2.69. The summed E-state index contributed by atoms with van der Waals surface area (Å²) in [5, 5.41) is 19.2. The summed E-state index contributed by atoms with van der Waals surface area (Å²) in [7, 11) is -4.30. The monoisotopic (exact) mass is 378 g/mol. The van der Waals surface area contributed by atoms with Gasteiger partial charge in [-0.15, -0.1) is 0 Å². The number of hydrogen-bond acceptors (Lipinski definition) is 5. The molecule has 0 aliphatic carbocycles. The number of rotatable bonds is 4. The van der Waals surface area contributed by atoms with Gasteiger partial charge in [0.2, 0.25) is 14.9 Å². The number of nitrogens with two attached hydrogens (primary N) is 1. The van der Waals surface area contributed by atoms with Gasteiger partial charge in [0.05, 0.1) is 17.8 Å². The standard InChI is InChI=1S/C10H8BrFN4O4S/c11-7-1-2-8(12)6(3-7)4-15-5-9(21(13,19)20)10(14-15)16(17)18/h1-3,5H,4H2,(H2,13,19,20). The van der Waals surface area contributed by atoms with Crippen molar-refractivity contribution in [3.8, 4) is 0 Å². The second-order valence-corrected chi connectivity index (χ2v) is 6.50. The smallest absolute Gasteiger partial charge is 0.358 e. The fraction of sp³-hybridized carbons (Fsp3) is 0.100. The van der Waals surface area contributed by atoms with Gasteiger partial charge >= 0.3 is 5.82 Å². The average Bonchev–Trinajstić information content (AvgIpc) is 2.78. The van der Waals surface area contributed by atoms with Gasteiger partial charge in [-0.05, 0) is 23.1 Å². The molecule has 0 fully saturated rings. The zero-order valence-electron chi connectivity index (χ0n) is 10.2. The van der Waals surface area contributed by atoms with Crippen LogP contribution in [-0.4, -0.2) is 23.1 Å². The third-order valence-electron chi connectivity index (χ3n) is 2.53. The molecule has 2 rings (SSSR count). The molecule has 1 aromatic heterocycles. The number of benzene rings is 1. The first-order chi connectivity index (χ1) is 9.68. The Morgan fingerprint density at radius 2 is 2.14 bits per heavy atom. The van der Waals surface area contributed by atoms with E-state index in [1.54, 1.807) is 0 Å². The molecule has 0 unspecified atom stereocenters. The van der Waals surface area contributed by atoms with Crippen molar-refractivity contribution in [3.63, 3.8) is 0 Å².